The van der Waals surface area contributed by atoms with Gasteiger partial charge in [-0.1, -0.05) is 54.6 Å². The van der Waals surface area contributed by atoms with Crippen molar-refractivity contribution in [2.45, 2.75) is 23.9 Å². The Hall–Kier alpha value is -5.79. The van der Waals surface area contributed by atoms with Crippen LogP contribution in [-0.4, -0.2) is 39.2 Å². The first kappa shape index (κ1) is 34.1. The Bertz CT molecular complexity index is 1970. The minimum atomic E-state index is -3.61. The normalized spacial score (nSPS) is 17.1. The van der Waals surface area contributed by atoms with E-state index in [1.165, 1.54) is 19.1 Å². The fourth-order valence-corrected chi connectivity index (χ4v) is 6.20. The van der Waals surface area contributed by atoms with Gasteiger partial charge in [0, 0.05) is 16.9 Å². The van der Waals surface area contributed by atoms with Crippen LogP contribution in [0.15, 0.2) is 126 Å². The molecule has 0 saturated carbocycles. The molecule has 0 radical (unpaired) electrons. The lowest BCUT2D eigenvalue weighted by atomic mass is 9.76. The van der Waals surface area contributed by atoms with Crippen molar-refractivity contribution in [3.63, 3.8) is 0 Å². The predicted molar refractivity (Wildman–Crippen MR) is 187 cm³/mol. The maximum absolute atomic E-state index is 16.3. The number of amidine groups is 1. The summed E-state index contributed by atoms with van der Waals surface area (Å²) >= 11 is 0. The van der Waals surface area contributed by atoms with Gasteiger partial charge in [0.05, 0.1) is 25.9 Å². The summed E-state index contributed by atoms with van der Waals surface area (Å²) in [5.41, 5.74) is -0.148. The zero-order valence-corrected chi connectivity index (χ0v) is 27.7. The van der Waals surface area contributed by atoms with Crippen LogP contribution in [0.1, 0.15) is 34.7 Å². The number of alkyl halides is 2. The summed E-state index contributed by atoms with van der Waals surface area (Å²) in [6, 6.07) is 37.0. The molecule has 5 aromatic carbocycles. The largest absolute Gasteiger partial charge is 0.497 e. The van der Waals surface area contributed by atoms with E-state index in [0.29, 0.717) is 28.4 Å². The summed E-state index contributed by atoms with van der Waals surface area (Å²) in [6.45, 7) is -0.0661. The van der Waals surface area contributed by atoms with Crippen LogP contribution in [0, 0.1) is 17.1 Å². The van der Waals surface area contributed by atoms with E-state index >= 15 is 13.2 Å². The predicted octanol–water partition coefficient (Wildman–Crippen LogP) is 8.32. The number of aliphatic imine (C=N–C) groups is 1. The molecule has 1 unspecified atom stereocenters. The van der Waals surface area contributed by atoms with Crippen molar-refractivity contribution in [1.82, 2.24) is 5.32 Å². The fourth-order valence-electron chi connectivity index (χ4n) is 6.20. The average Bonchev–Trinajstić information content (AvgIpc) is 3.26. The second kappa shape index (κ2) is 14.0. The molecule has 7 nitrogen and oxygen atoms in total. The third-order valence-electron chi connectivity index (χ3n) is 8.97. The number of anilines is 2. The second-order valence-electron chi connectivity index (χ2n) is 12.0. The maximum atomic E-state index is 16.3. The molecule has 0 aliphatic carbocycles. The number of ether oxygens (including phenoxy) is 3. The van der Waals surface area contributed by atoms with Gasteiger partial charge < -0.3 is 24.8 Å². The number of nitriles is 1. The SMILES string of the molecule is COc1ccc(C(NC2=NC(C)(c3cc(Nc4ccc(C#N)cc4)ccc3F)C(F)(F)COC2)(c2ccccc2)c2ccc(OC)cc2)cc1. The van der Waals surface area contributed by atoms with Crippen molar-refractivity contribution in [3.8, 4) is 17.6 Å². The van der Waals surface area contributed by atoms with Gasteiger partial charge in [-0.2, -0.15) is 5.26 Å². The van der Waals surface area contributed by atoms with Crippen molar-refractivity contribution >= 4 is 17.2 Å². The highest BCUT2D eigenvalue weighted by atomic mass is 19.3. The van der Waals surface area contributed by atoms with Crippen molar-refractivity contribution in [1.29, 1.82) is 5.26 Å². The molecule has 6 rings (SSSR count). The zero-order valence-electron chi connectivity index (χ0n) is 27.7. The molecular formula is C40H35F3N4O3. The lowest BCUT2D eigenvalue weighted by molar-refractivity contribution is -0.116. The number of nitrogens with one attached hydrogen (secondary N) is 2. The monoisotopic (exact) mass is 676 g/mol. The molecule has 1 aliphatic heterocycles. The highest BCUT2D eigenvalue weighted by Gasteiger charge is 2.55. The van der Waals surface area contributed by atoms with Gasteiger partial charge in [-0.3, -0.25) is 4.99 Å². The molecular weight excluding hydrogens is 641 g/mol. The van der Waals surface area contributed by atoms with E-state index in [1.54, 1.807) is 38.5 Å². The minimum absolute atomic E-state index is 0.0880. The molecule has 50 heavy (non-hydrogen) atoms. The fraction of sp³-hybridized carbons (Fsp3) is 0.200. The van der Waals surface area contributed by atoms with E-state index in [9.17, 15) is 0 Å². The van der Waals surface area contributed by atoms with Crippen LogP contribution in [-0.2, 0) is 15.8 Å². The highest BCUT2D eigenvalue weighted by molar-refractivity contribution is 5.87. The number of hydrogen-bond donors (Lipinski definition) is 2. The van der Waals surface area contributed by atoms with Gasteiger partial charge in [0.25, 0.3) is 5.92 Å². The summed E-state index contributed by atoms with van der Waals surface area (Å²) < 4.78 is 64.8. The topological polar surface area (TPSA) is 87.9 Å². The van der Waals surface area contributed by atoms with E-state index in [1.807, 2.05) is 78.9 Å². The Balaban J connectivity index is 1.51. The molecule has 10 heteroatoms. The summed E-state index contributed by atoms with van der Waals surface area (Å²) in [5.74, 6) is -3.09. The van der Waals surface area contributed by atoms with Crippen molar-refractivity contribution in [3.05, 3.63) is 155 Å². The molecule has 0 saturated heterocycles. The van der Waals surface area contributed by atoms with Gasteiger partial charge in [-0.15, -0.1) is 0 Å². The van der Waals surface area contributed by atoms with Crippen LogP contribution in [0.4, 0.5) is 24.5 Å². The van der Waals surface area contributed by atoms with Crippen LogP contribution >= 0.6 is 0 Å². The van der Waals surface area contributed by atoms with Crippen LogP contribution in [0.3, 0.4) is 0 Å². The van der Waals surface area contributed by atoms with Gasteiger partial charge in [-0.05, 0) is 90.3 Å². The maximum Gasteiger partial charge on any atom is 0.299 e. The molecule has 5 aromatic rings. The van der Waals surface area contributed by atoms with E-state index in [4.69, 9.17) is 19.5 Å². The van der Waals surface area contributed by atoms with Crippen LogP contribution in [0.25, 0.3) is 0 Å². The van der Waals surface area contributed by atoms with Crippen molar-refractivity contribution < 1.29 is 27.4 Å². The number of methoxy groups -OCH3 is 2. The Labute approximate surface area is 289 Å². The summed E-state index contributed by atoms with van der Waals surface area (Å²) in [5, 5.41) is 15.8. The molecule has 2 N–H and O–H groups in total. The third-order valence-corrected chi connectivity index (χ3v) is 8.97. The Morgan fingerprint density at radius 3 is 1.90 bits per heavy atom. The smallest absolute Gasteiger partial charge is 0.299 e. The zero-order chi connectivity index (χ0) is 35.4. The lowest BCUT2D eigenvalue weighted by Crippen LogP contribution is -2.50. The van der Waals surface area contributed by atoms with Crippen LogP contribution in [0.5, 0.6) is 11.5 Å². The summed E-state index contributed by atoms with van der Waals surface area (Å²) in [7, 11) is 3.15. The number of halogens is 3. The van der Waals surface area contributed by atoms with Gasteiger partial charge in [0.15, 0.2) is 5.54 Å². The molecule has 0 bridgehead atoms. The average molecular weight is 677 g/mol. The molecule has 1 atom stereocenters. The number of hydrogen-bond acceptors (Lipinski definition) is 7. The Morgan fingerprint density at radius 1 is 0.780 bits per heavy atom. The molecule has 0 amide bonds. The standard InChI is InChI=1S/C40H35F3N4O3/c1-38(35-23-32(17-22-36(35)41)45-31-15-9-27(24-44)10-16-31)39(42,43)26-50-25-37(46-38)47-40(28-7-5-4-6-8-28,29-11-18-33(48-2)19-12-29)30-13-20-34(49-3)21-14-30/h4-23,45H,25-26H2,1-3H3,(H,46,47). The molecule has 0 fully saturated rings. The van der Waals surface area contributed by atoms with E-state index in [2.05, 4.69) is 21.7 Å². The van der Waals surface area contributed by atoms with E-state index in [0.717, 1.165) is 22.8 Å². The summed E-state index contributed by atoms with van der Waals surface area (Å²) in [4.78, 5) is 4.67. The third kappa shape index (κ3) is 6.48. The van der Waals surface area contributed by atoms with Crippen molar-refractivity contribution in [2.24, 2.45) is 4.99 Å². The molecule has 1 heterocycles. The van der Waals surface area contributed by atoms with Crippen LogP contribution < -0.4 is 20.1 Å². The van der Waals surface area contributed by atoms with Gasteiger partial charge in [0.2, 0.25) is 0 Å². The van der Waals surface area contributed by atoms with E-state index in [-0.39, 0.29) is 18.0 Å². The highest BCUT2D eigenvalue weighted by Crippen LogP contribution is 2.45. The first-order valence-electron chi connectivity index (χ1n) is 15.9. The molecule has 1 aliphatic rings. The summed E-state index contributed by atoms with van der Waals surface area (Å²) in [6.07, 6.45) is 0. The van der Waals surface area contributed by atoms with E-state index < -0.39 is 29.4 Å². The molecule has 0 aromatic heterocycles. The number of benzene rings is 5. The minimum Gasteiger partial charge on any atom is -0.497 e. The quantitative estimate of drug-likeness (QED) is 0.153. The first-order valence-corrected chi connectivity index (χ1v) is 15.9. The van der Waals surface area contributed by atoms with Crippen LogP contribution in [0.2, 0.25) is 0 Å². The lowest BCUT2D eigenvalue weighted by Gasteiger charge is -2.39. The Kier molecular flexibility index (Phi) is 9.53. The first-order chi connectivity index (χ1) is 24.1. The van der Waals surface area contributed by atoms with Gasteiger partial charge in [-0.25, -0.2) is 13.2 Å². The number of rotatable bonds is 9. The number of nitrogens with zero attached hydrogens (tertiary/aromatic N) is 2. The second-order valence-corrected chi connectivity index (χ2v) is 12.0. The van der Waals surface area contributed by atoms with Gasteiger partial charge in [0.1, 0.15) is 41.9 Å². The molecule has 0 spiro atoms. The Morgan fingerprint density at radius 2 is 1.34 bits per heavy atom. The van der Waals surface area contributed by atoms with Gasteiger partial charge >= 0.3 is 0 Å². The van der Waals surface area contributed by atoms with Crippen molar-refractivity contribution in [2.75, 3.05) is 32.8 Å². The molecule has 254 valence electrons.